The molecular weight excluding hydrogens is 294 g/mol. The molecule has 0 bridgehead atoms. The molecule has 1 unspecified atom stereocenters. The van der Waals surface area contributed by atoms with Crippen molar-refractivity contribution < 1.29 is 14.3 Å². The van der Waals surface area contributed by atoms with E-state index in [1.165, 1.54) is 6.20 Å². The maximum absolute atomic E-state index is 12.2. The van der Waals surface area contributed by atoms with E-state index in [0.717, 1.165) is 18.7 Å². The van der Waals surface area contributed by atoms with Gasteiger partial charge in [0.1, 0.15) is 5.82 Å². The van der Waals surface area contributed by atoms with E-state index in [2.05, 4.69) is 10.3 Å². The fourth-order valence-electron chi connectivity index (χ4n) is 2.13. The second-order valence-electron chi connectivity index (χ2n) is 5.45. The first-order chi connectivity index (χ1) is 11.1. The molecule has 1 saturated carbocycles. The van der Waals surface area contributed by atoms with Crippen LogP contribution < -0.4 is 11.1 Å². The van der Waals surface area contributed by atoms with Crippen molar-refractivity contribution >= 4 is 17.7 Å². The van der Waals surface area contributed by atoms with Gasteiger partial charge in [-0.3, -0.25) is 4.79 Å². The molecule has 1 heterocycles. The monoisotopic (exact) mass is 311 g/mol. The number of nitrogens with one attached hydrogen (secondary N) is 1. The van der Waals surface area contributed by atoms with Gasteiger partial charge in [-0.15, -0.1) is 0 Å². The number of ether oxygens (including phenoxy) is 1. The number of rotatable bonds is 6. The second kappa shape index (κ2) is 6.48. The SMILES string of the molecule is NC(=O)C(OC(=O)c1ccc(NC2CC2)nc1)c1ccccc1. The van der Waals surface area contributed by atoms with Crippen molar-refractivity contribution in [3.63, 3.8) is 0 Å². The topological polar surface area (TPSA) is 94.3 Å². The average molecular weight is 311 g/mol. The number of carbonyl (C=O) groups excluding carboxylic acids is 2. The Bertz CT molecular complexity index is 697. The van der Waals surface area contributed by atoms with E-state index in [1.54, 1.807) is 42.5 Å². The molecule has 1 atom stereocenters. The zero-order valence-electron chi connectivity index (χ0n) is 12.4. The maximum atomic E-state index is 12.2. The molecule has 1 aromatic carbocycles. The number of esters is 1. The maximum Gasteiger partial charge on any atom is 0.340 e. The van der Waals surface area contributed by atoms with Gasteiger partial charge >= 0.3 is 5.97 Å². The first-order valence-corrected chi connectivity index (χ1v) is 7.41. The lowest BCUT2D eigenvalue weighted by Crippen LogP contribution is -2.26. The Labute approximate surface area is 133 Å². The summed E-state index contributed by atoms with van der Waals surface area (Å²) < 4.78 is 5.24. The van der Waals surface area contributed by atoms with Crippen LogP contribution in [0, 0.1) is 0 Å². The van der Waals surface area contributed by atoms with Crippen molar-refractivity contribution in [3.05, 3.63) is 59.8 Å². The predicted octanol–water partition coefficient (Wildman–Crippen LogP) is 2.04. The number of hydrogen-bond acceptors (Lipinski definition) is 5. The van der Waals surface area contributed by atoms with Gasteiger partial charge in [-0.25, -0.2) is 9.78 Å². The molecule has 1 amide bonds. The van der Waals surface area contributed by atoms with Crippen molar-refractivity contribution in [1.82, 2.24) is 4.98 Å². The van der Waals surface area contributed by atoms with Gasteiger partial charge in [0.25, 0.3) is 5.91 Å². The number of nitrogens with two attached hydrogens (primary N) is 1. The molecule has 2 aromatic rings. The summed E-state index contributed by atoms with van der Waals surface area (Å²) in [5, 5.41) is 3.23. The van der Waals surface area contributed by atoms with E-state index in [1.807, 2.05) is 0 Å². The summed E-state index contributed by atoms with van der Waals surface area (Å²) in [5.74, 6) is -0.633. The quantitative estimate of drug-likeness (QED) is 0.796. The van der Waals surface area contributed by atoms with Crippen LogP contribution in [0.3, 0.4) is 0 Å². The van der Waals surface area contributed by atoms with E-state index in [9.17, 15) is 9.59 Å². The molecule has 0 aliphatic heterocycles. The van der Waals surface area contributed by atoms with Crippen LogP contribution in [0.2, 0.25) is 0 Å². The molecule has 0 saturated heterocycles. The second-order valence-corrected chi connectivity index (χ2v) is 5.45. The molecular formula is C17H17N3O3. The van der Waals surface area contributed by atoms with Crippen LogP contribution in [0.1, 0.15) is 34.9 Å². The van der Waals surface area contributed by atoms with Crippen LogP contribution in [0.4, 0.5) is 5.82 Å². The number of benzene rings is 1. The third-order valence-corrected chi connectivity index (χ3v) is 3.51. The third-order valence-electron chi connectivity index (χ3n) is 3.51. The van der Waals surface area contributed by atoms with E-state index < -0.39 is 18.0 Å². The van der Waals surface area contributed by atoms with Crippen LogP contribution in [-0.2, 0) is 9.53 Å². The van der Waals surface area contributed by atoms with Gasteiger partial charge in [0.2, 0.25) is 6.10 Å². The van der Waals surface area contributed by atoms with Crippen molar-refractivity contribution in [2.75, 3.05) is 5.32 Å². The smallest absolute Gasteiger partial charge is 0.340 e. The number of carbonyl (C=O) groups is 2. The van der Waals surface area contributed by atoms with Crippen molar-refractivity contribution in [3.8, 4) is 0 Å². The number of primary amides is 1. The molecule has 0 radical (unpaired) electrons. The Morgan fingerprint density at radius 1 is 1.17 bits per heavy atom. The molecule has 6 heteroatoms. The van der Waals surface area contributed by atoms with Gasteiger partial charge in [-0.1, -0.05) is 30.3 Å². The van der Waals surface area contributed by atoms with Gasteiger partial charge in [0.05, 0.1) is 5.56 Å². The number of hydrogen-bond donors (Lipinski definition) is 2. The van der Waals surface area contributed by atoms with Crippen LogP contribution in [0.15, 0.2) is 48.7 Å². The first-order valence-electron chi connectivity index (χ1n) is 7.41. The highest BCUT2D eigenvalue weighted by molar-refractivity contribution is 5.92. The minimum absolute atomic E-state index is 0.272. The molecule has 1 aromatic heterocycles. The van der Waals surface area contributed by atoms with Crippen molar-refractivity contribution in [2.45, 2.75) is 25.0 Å². The molecule has 6 nitrogen and oxygen atoms in total. The highest BCUT2D eigenvalue weighted by atomic mass is 16.5. The summed E-state index contributed by atoms with van der Waals surface area (Å²) in [5.41, 5.74) is 6.15. The number of amides is 1. The molecule has 1 aliphatic carbocycles. The van der Waals surface area contributed by atoms with Gasteiger partial charge in [-0.2, -0.15) is 0 Å². The standard InChI is InChI=1S/C17H17N3O3/c18-16(21)15(11-4-2-1-3-5-11)23-17(22)12-6-9-14(19-10-12)20-13-7-8-13/h1-6,9-10,13,15H,7-8H2,(H2,18,21)(H,19,20). The minimum atomic E-state index is -1.12. The summed E-state index contributed by atoms with van der Waals surface area (Å²) in [6, 6.07) is 12.5. The number of pyridine rings is 1. The zero-order chi connectivity index (χ0) is 16.2. The number of nitrogens with zero attached hydrogens (tertiary/aromatic N) is 1. The van der Waals surface area contributed by atoms with Gasteiger partial charge < -0.3 is 15.8 Å². The van der Waals surface area contributed by atoms with Crippen LogP contribution in [0.25, 0.3) is 0 Å². The molecule has 23 heavy (non-hydrogen) atoms. The van der Waals surface area contributed by atoms with Gasteiger partial charge in [0.15, 0.2) is 0 Å². The normalized spacial score (nSPS) is 14.8. The molecule has 3 rings (SSSR count). The van der Waals surface area contributed by atoms with E-state index in [0.29, 0.717) is 11.6 Å². The third kappa shape index (κ3) is 3.85. The minimum Gasteiger partial charge on any atom is -0.444 e. The lowest BCUT2D eigenvalue weighted by atomic mass is 10.1. The molecule has 118 valence electrons. The summed E-state index contributed by atoms with van der Waals surface area (Å²) in [6.07, 6.45) is 2.59. The zero-order valence-corrected chi connectivity index (χ0v) is 12.4. The Kier molecular flexibility index (Phi) is 4.23. The fraction of sp³-hybridized carbons (Fsp3) is 0.235. The lowest BCUT2D eigenvalue weighted by Gasteiger charge is -2.15. The summed E-state index contributed by atoms with van der Waals surface area (Å²) in [4.78, 5) is 27.9. The van der Waals surface area contributed by atoms with Crippen LogP contribution in [-0.4, -0.2) is 22.9 Å². The van der Waals surface area contributed by atoms with Crippen molar-refractivity contribution in [1.29, 1.82) is 0 Å². The molecule has 3 N–H and O–H groups in total. The van der Waals surface area contributed by atoms with Crippen molar-refractivity contribution in [2.24, 2.45) is 5.73 Å². The Morgan fingerprint density at radius 3 is 2.48 bits per heavy atom. The first kappa shape index (κ1) is 15.0. The van der Waals surface area contributed by atoms with Gasteiger partial charge in [0, 0.05) is 17.8 Å². The largest absolute Gasteiger partial charge is 0.444 e. The predicted molar refractivity (Wildman–Crippen MR) is 84.7 cm³/mol. The molecule has 1 fully saturated rings. The fourth-order valence-corrected chi connectivity index (χ4v) is 2.13. The Balaban J connectivity index is 1.70. The van der Waals surface area contributed by atoms with Gasteiger partial charge in [-0.05, 0) is 25.0 Å². The molecule has 0 spiro atoms. The van der Waals surface area contributed by atoms with E-state index in [4.69, 9.17) is 10.5 Å². The highest BCUT2D eigenvalue weighted by Gasteiger charge is 2.24. The summed E-state index contributed by atoms with van der Waals surface area (Å²) in [6.45, 7) is 0. The number of aromatic nitrogens is 1. The average Bonchev–Trinajstić information content (AvgIpc) is 3.37. The van der Waals surface area contributed by atoms with E-state index >= 15 is 0 Å². The lowest BCUT2D eigenvalue weighted by molar-refractivity contribution is -0.127. The number of anilines is 1. The molecule has 1 aliphatic rings. The summed E-state index contributed by atoms with van der Waals surface area (Å²) >= 11 is 0. The Morgan fingerprint density at radius 2 is 1.91 bits per heavy atom. The highest BCUT2D eigenvalue weighted by Crippen LogP contribution is 2.24. The van der Waals surface area contributed by atoms with Crippen LogP contribution in [0.5, 0.6) is 0 Å². The summed E-state index contributed by atoms with van der Waals surface area (Å²) in [7, 11) is 0. The van der Waals surface area contributed by atoms with Crippen LogP contribution >= 0.6 is 0 Å². The van der Waals surface area contributed by atoms with E-state index in [-0.39, 0.29) is 5.56 Å². The Hall–Kier alpha value is -2.89.